The van der Waals surface area contributed by atoms with Gasteiger partial charge in [0.05, 0.1) is 26.9 Å². The molecule has 1 aromatic carbocycles. The molecule has 0 bridgehead atoms. The molecular formula is C18H23NO4S. The van der Waals surface area contributed by atoms with Crippen molar-refractivity contribution in [3.8, 4) is 5.75 Å². The lowest BCUT2D eigenvalue weighted by molar-refractivity contribution is 0.0349. The standard InChI is InChI=1S/C18H23NO4S/c1-21-15-5-4-14-12-17(24-16(14)13-15)18(20)23-9-3-2-6-19-7-10-22-11-8-19/h4-5,12-13H,2-3,6-11H2,1H3. The summed E-state index contributed by atoms with van der Waals surface area (Å²) in [5.74, 6) is 0.564. The summed E-state index contributed by atoms with van der Waals surface area (Å²) in [7, 11) is 1.64. The van der Waals surface area contributed by atoms with Crippen molar-refractivity contribution in [2.24, 2.45) is 0 Å². The van der Waals surface area contributed by atoms with E-state index in [4.69, 9.17) is 14.2 Å². The highest BCUT2D eigenvalue weighted by molar-refractivity contribution is 7.20. The predicted octanol–water partition coefficient (Wildman–Crippen LogP) is 3.18. The van der Waals surface area contributed by atoms with Crippen LogP contribution < -0.4 is 4.74 Å². The fourth-order valence-electron chi connectivity index (χ4n) is 2.74. The molecule has 0 radical (unpaired) electrons. The first kappa shape index (κ1) is 17.2. The molecule has 0 aliphatic carbocycles. The highest BCUT2D eigenvalue weighted by atomic mass is 32.1. The number of methoxy groups -OCH3 is 1. The van der Waals surface area contributed by atoms with Gasteiger partial charge in [-0.25, -0.2) is 4.79 Å². The molecule has 0 amide bonds. The Kier molecular flexibility index (Phi) is 6.07. The minimum atomic E-state index is -0.235. The first-order valence-electron chi connectivity index (χ1n) is 8.31. The van der Waals surface area contributed by atoms with Crippen LogP contribution in [0.4, 0.5) is 0 Å². The van der Waals surface area contributed by atoms with Crippen LogP contribution in [0.15, 0.2) is 24.3 Å². The van der Waals surface area contributed by atoms with Gasteiger partial charge in [-0.05, 0) is 49.0 Å². The number of carbonyl (C=O) groups excluding carboxylic acids is 1. The van der Waals surface area contributed by atoms with E-state index in [0.717, 1.165) is 61.5 Å². The van der Waals surface area contributed by atoms with Crippen molar-refractivity contribution < 1.29 is 19.0 Å². The molecule has 130 valence electrons. The van der Waals surface area contributed by atoms with Crippen LogP contribution in [0.5, 0.6) is 5.75 Å². The summed E-state index contributed by atoms with van der Waals surface area (Å²) < 4.78 is 17.0. The number of nitrogens with zero attached hydrogens (tertiary/aromatic N) is 1. The molecule has 1 saturated heterocycles. The summed E-state index contributed by atoms with van der Waals surface area (Å²) in [6.45, 7) is 5.18. The monoisotopic (exact) mass is 349 g/mol. The molecule has 2 heterocycles. The van der Waals surface area contributed by atoms with Crippen molar-refractivity contribution in [1.82, 2.24) is 4.90 Å². The number of carbonyl (C=O) groups is 1. The van der Waals surface area contributed by atoms with Crippen molar-refractivity contribution >= 4 is 27.4 Å². The van der Waals surface area contributed by atoms with Gasteiger partial charge < -0.3 is 14.2 Å². The molecule has 1 fully saturated rings. The van der Waals surface area contributed by atoms with E-state index in [0.29, 0.717) is 11.5 Å². The maximum absolute atomic E-state index is 12.2. The fraction of sp³-hybridized carbons (Fsp3) is 0.500. The molecule has 0 N–H and O–H groups in total. The maximum Gasteiger partial charge on any atom is 0.348 e. The SMILES string of the molecule is COc1ccc2cc(C(=O)OCCCCN3CCOCC3)sc2c1. The van der Waals surface area contributed by atoms with Gasteiger partial charge >= 0.3 is 5.97 Å². The molecule has 1 aliphatic rings. The topological polar surface area (TPSA) is 48.0 Å². The molecule has 0 saturated carbocycles. The Hall–Kier alpha value is -1.63. The van der Waals surface area contributed by atoms with E-state index in [1.807, 2.05) is 24.3 Å². The van der Waals surface area contributed by atoms with Crippen LogP contribution >= 0.6 is 11.3 Å². The number of hydrogen-bond donors (Lipinski definition) is 0. The molecular weight excluding hydrogens is 326 g/mol. The second-order valence-electron chi connectivity index (χ2n) is 5.81. The second-order valence-corrected chi connectivity index (χ2v) is 6.90. The Morgan fingerprint density at radius 3 is 2.88 bits per heavy atom. The number of thiophene rings is 1. The Balaban J connectivity index is 1.43. The Morgan fingerprint density at radius 1 is 1.25 bits per heavy atom. The van der Waals surface area contributed by atoms with Gasteiger partial charge in [0, 0.05) is 17.8 Å². The average molecular weight is 349 g/mol. The number of rotatable bonds is 7. The molecule has 0 atom stereocenters. The van der Waals surface area contributed by atoms with Crippen molar-refractivity contribution in [2.45, 2.75) is 12.8 Å². The van der Waals surface area contributed by atoms with Gasteiger partial charge in [0.15, 0.2) is 0 Å². The molecule has 0 spiro atoms. The Labute approximate surface area is 146 Å². The van der Waals surface area contributed by atoms with E-state index in [2.05, 4.69) is 4.90 Å². The number of esters is 1. The second kappa shape index (κ2) is 8.46. The van der Waals surface area contributed by atoms with E-state index >= 15 is 0 Å². The Morgan fingerprint density at radius 2 is 2.08 bits per heavy atom. The first-order chi connectivity index (χ1) is 11.8. The molecule has 1 aromatic heterocycles. The van der Waals surface area contributed by atoms with Crippen molar-refractivity contribution in [2.75, 3.05) is 46.6 Å². The van der Waals surface area contributed by atoms with Gasteiger partial charge in [-0.3, -0.25) is 4.90 Å². The molecule has 0 unspecified atom stereocenters. The zero-order valence-corrected chi connectivity index (χ0v) is 14.8. The van der Waals surface area contributed by atoms with Gasteiger partial charge in [-0.15, -0.1) is 11.3 Å². The van der Waals surface area contributed by atoms with Gasteiger partial charge in [0.25, 0.3) is 0 Å². The summed E-state index contributed by atoms with van der Waals surface area (Å²) in [6.07, 6.45) is 1.93. The van der Waals surface area contributed by atoms with E-state index in [-0.39, 0.29) is 5.97 Å². The average Bonchev–Trinajstić information content (AvgIpc) is 3.05. The van der Waals surface area contributed by atoms with Gasteiger partial charge in [-0.2, -0.15) is 0 Å². The van der Waals surface area contributed by atoms with Crippen LogP contribution in [0.1, 0.15) is 22.5 Å². The summed E-state index contributed by atoms with van der Waals surface area (Å²) in [5, 5.41) is 1.04. The smallest absolute Gasteiger partial charge is 0.348 e. The van der Waals surface area contributed by atoms with Crippen molar-refractivity contribution in [1.29, 1.82) is 0 Å². The van der Waals surface area contributed by atoms with Gasteiger partial charge in [0.2, 0.25) is 0 Å². The molecule has 2 aromatic rings. The van der Waals surface area contributed by atoms with Crippen LogP contribution in [0.25, 0.3) is 10.1 Å². The van der Waals surface area contributed by atoms with E-state index in [9.17, 15) is 4.79 Å². The van der Waals surface area contributed by atoms with Crippen molar-refractivity contribution in [3.05, 3.63) is 29.1 Å². The van der Waals surface area contributed by atoms with Gasteiger partial charge in [0.1, 0.15) is 10.6 Å². The highest BCUT2D eigenvalue weighted by Gasteiger charge is 2.13. The summed E-state index contributed by atoms with van der Waals surface area (Å²) in [5.41, 5.74) is 0. The maximum atomic E-state index is 12.2. The minimum Gasteiger partial charge on any atom is -0.497 e. The Bertz CT molecular complexity index is 679. The van der Waals surface area contributed by atoms with Crippen LogP contribution in [-0.4, -0.2) is 57.4 Å². The number of ether oxygens (including phenoxy) is 3. The molecule has 3 rings (SSSR count). The normalized spacial score (nSPS) is 15.5. The third-order valence-electron chi connectivity index (χ3n) is 4.13. The predicted molar refractivity (Wildman–Crippen MR) is 95.2 cm³/mol. The van der Waals surface area contributed by atoms with E-state index < -0.39 is 0 Å². The number of fused-ring (bicyclic) bond motifs is 1. The van der Waals surface area contributed by atoms with E-state index in [1.165, 1.54) is 11.3 Å². The number of morpholine rings is 1. The zero-order valence-electron chi connectivity index (χ0n) is 14.0. The van der Waals surface area contributed by atoms with Crippen LogP contribution in [0.2, 0.25) is 0 Å². The zero-order chi connectivity index (χ0) is 16.8. The lowest BCUT2D eigenvalue weighted by Crippen LogP contribution is -2.36. The lowest BCUT2D eigenvalue weighted by Gasteiger charge is -2.26. The third-order valence-corrected chi connectivity index (χ3v) is 5.21. The number of hydrogen-bond acceptors (Lipinski definition) is 6. The molecule has 6 heteroatoms. The van der Waals surface area contributed by atoms with Gasteiger partial charge in [-0.1, -0.05) is 0 Å². The molecule has 1 aliphatic heterocycles. The third kappa shape index (κ3) is 4.47. The molecule has 24 heavy (non-hydrogen) atoms. The van der Waals surface area contributed by atoms with Crippen molar-refractivity contribution in [3.63, 3.8) is 0 Å². The number of benzene rings is 1. The minimum absolute atomic E-state index is 0.235. The summed E-state index contributed by atoms with van der Waals surface area (Å²) in [4.78, 5) is 15.2. The van der Waals surface area contributed by atoms with Crippen LogP contribution in [0.3, 0.4) is 0 Å². The molecule has 5 nitrogen and oxygen atoms in total. The first-order valence-corrected chi connectivity index (χ1v) is 9.13. The summed E-state index contributed by atoms with van der Waals surface area (Å²) >= 11 is 1.44. The quantitative estimate of drug-likeness (QED) is 0.568. The number of unbranched alkanes of at least 4 members (excludes halogenated alkanes) is 1. The summed E-state index contributed by atoms with van der Waals surface area (Å²) in [6, 6.07) is 7.69. The highest BCUT2D eigenvalue weighted by Crippen LogP contribution is 2.29. The fourth-order valence-corrected chi connectivity index (χ4v) is 3.72. The van der Waals surface area contributed by atoms with E-state index in [1.54, 1.807) is 7.11 Å². The van der Waals surface area contributed by atoms with Crippen LogP contribution in [-0.2, 0) is 9.47 Å². The largest absolute Gasteiger partial charge is 0.497 e. The lowest BCUT2D eigenvalue weighted by atomic mass is 10.2. The van der Waals surface area contributed by atoms with Crippen LogP contribution in [0, 0.1) is 0 Å².